The molecule has 8 heteroatoms. The molecule has 1 aliphatic heterocycles. The molecule has 1 heterocycles. The minimum atomic E-state index is -3.52. The summed E-state index contributed by atoms with van der Waals surface area (Å²) >= 11 is 3.35. The van der Waals surface area contributed by atoms with Crippen molar-refractivity contribution in [3.8, 4) is 0 Å². The molecule has 0 aromatic heterocycles. The minimum Gasteiger partial charge on any atom is -0.353 e. The third-order valence-electron chi connectivity index (χ3n) is 3.85. The highest BCUT2D eigenvalue weighted by Gasteiger charge is 2.30. The number of benzene rings is 1. The number of carbonyl (C=O) groups excluding carboxylic acids is 1. The molecule has 1 N–H and O–H groups in total. The van der Waals surface area contributed by atoms with Gasteiger partial charge in [-0.1, -0.05) is 6.07 Å². The van der Waals surface area contributed by atoms with Crippen molar-refractivity contribution in [1.29, 1.82) is 0 Å². The molecule has 1 aromatic carbocycles. The average Bonchev–Trinajstić information content (AvgIpc) is 2.46. The fraction of sp³-hybridized carbons (Fsp3) is 0.562. The van der Waals surface area contributed by atoms with Crippen LogP contribution in [0, 0.1) is 6.92 Å². The van der Waals surface area contributed by atoms with Crippen molar-refractivity contribution >= 4 is 31.9 Å². The zero-order valence-electron chi connectivity index (χ0n) is 14.3. The molecular formula is C16H24BrN3O3S. The summed E-state index contributed by atoms with van der Waals surface area (Å²) in [7, 11) is -3.52. The fourth-order valence-corrected chi connectivity index (χ4v) is 5.23. The molecule has 0 bridgehead atoms. The second-order valence-corrected chi connectivity index (χ2v) is 9.10. The van der Waals surface area contributed by atoms with Crippen LogP contribution in [0.15, 0.2) is 27.6 Å². The van der Waals surface area contributed by atoms with Crippen molar-refractivity contribution < 1.29 is 13.2 Å². The summed E-state index contributed by atoms with van der Waals surface area (Å²) in [5.74, 6) is -0.0254. The van der Waals surface area contributed by atoms with Gasteiger partial charge in [-0.25, -0.2) is 8.42 Å². The summed E-state index contributed by atoms with van der Waals surface area (Å²) in [4.78, 5) is 14.1. The Morgan fingerprint density at radius 3 is 2.42 bits per heavy atom. The number of halogens is 1. The van der Waals surface area contributed by atoms with Crippen LogP contribution < -0.4 is 5.32 Å². The Hall–Kier alpha value is -0.960. The van der Waals surface area contributed by atoms with Gasteiger partial charge < -0.3 is 5.32 Å². The van der Waals surface area contributed by atoms with Gasteiger partial charge >= 0.3 is 0 Å². The van der Waals surface area contributed by atoms with Crippen LogP contribution in [0.25, 0.3) is 0 Å². The third-order valence-corrected chi connectivity index (χ3v) is 6.73. The molecule has 134 valence electrons. The molecule has 1 fully saturated rings. The molecule has 1 aromatic rings. The van der Waals surface area contributed by atoms with Crippen molar-refractivity contribution in [3.05, 3.63) is 28.2 Å². The van der Waals surface area contributed by atoms with Crippen LogP contribution in [0.4, 0.5) is 0 Å². The number of nitrogens with zero attached hydrogens (tertiary/aromatic N) is 2. The van der Waals surface area contributed by atoms with E-state index in [0.29, 0.717) is 42.1 Å². The Morgan fingerprint density at radius 2 is 1.88 bits per heavy atom. The van der Waals surface area contributed by atoms with Crippen molar-refractivity contribution in [2.75, 3.05) is 32.7 Å². The topological polar surface area (TPSA) is 69.7 Å². The first-order valence-corrected chi connectivity index (χ1v) is 10.2. The van der Waals surface area contributed by atoms with E-state index in [1.54, 1.807) is 18.2 Å². The Bertz CT molecular complexity index is 699. The summed E-state index contributed by atoms with van der Waals surface area (Å²) in [5, 5.41) is 2.85. The van der Waals surface area contributed by atoms with Gasteiger partial charge in [0.15, 0.2) is 0 Å². The molecule has 0 atom stereocenters. The zero-order valence-corrected chi connectivity index (χ0v) is 16.7. The van der Waals surface area contributed by atoms with E-state index in [4.69, 9.17) is 0 Å². The van der Waals surface area contributed by atoms with Gasteiger partial charge in [0.05, 0.1) is 11.4 Å². The molecule has 0 unspecified atom stereocenters. The molecule has 2 rings (SSSR count). The fourth-order valence-electron chi connectivity index (χ4n) is 2.65. The summed E-state index contributed by atoms with van der Waals surface area (Å²) in [6.07, 6.45) is 0. The lowest BCUT2D eigenvalue weighted by atomic mass is 10.2. The summed E-state index contributed by atoms with van der Waals surface area (Å²) in [6.45, 7) is 7.93. The molecular weight excluding hydrogens is 394 g/mol. The predicted octanol–water partition coefficient (Wildman–Crippen LogP) is 1.59. The van der Waals surface area contributed by atoms with E-state index < -0.39 is 10.0 Å². The summed E-state index contributed by atoms with van der Waals surface area (Å²) in [5.41, 5.74) is 1.00. The van der Waals surface area contributed by atoms with E-state index in [1.165, 1.54) is 4.31 Å². The minimum absolute atomic E-state index is 0.0254. The third kappa shape index (κ3) is 4.78. The van der Waals surface area contributed by atoms with Crippen LogP contribution in [-0.2, 0) is 14.8 Å². The van der Waals surface area contributed by atoms with Crippen molar-refractivity contribution in [1.82, 2.24) is 14.5 Å². The molecule has 1 aliphatic rings. The highest BCUT2D eigenvalue weighted by atomic mass is 79.9. The number of carbonyl (C=O) groups is 1. The number of rotatable bonds is 5. The van der Waals surface area contributed by atoms with Crippen LogP contribution in [-0.4, -0.2) is 62.3 Å². The van der Waals surface area contributed by atoms with E-state index >= 15 is 0 Å². The number of aryl methyl sites for hydroxylation is 1. The first kappa shape index (κ1) is 19.4. The second-order valence-electron chi connectivity index (χ2n) is 6.34. The van der Waals surface area contributed by atoms with Gasteiger partial charge in [0, 0.05) is 36.7 Å². The maximum atomic E-state index is 12.8. The zero-order chi connectivity index (χ0) is 17.9. The second kappa shape index (κ2) is 7.95. The molecule has 1 saturated heterocycles. The smallest absolute Gasteiger partial charge is 0.244 e. The standard InChI is InChI=1S/C16H24BrN3O3S/c1-12(2)18-16(21)11-19-6-8-20(9-7-19)24(22,23)15-5-4-13(3)10-14(15)17/h4-5,10,12H,6-9,11H2,1-3H3,(H,18,21). The Morgan fingerprint density at radius 1 is 1.25 bits per heavy atom. The van der Waals surface area contributed by atoms with Crippen LogP contribution >= 0.6 is 15.9 Å². The number of sulfonamides is 1. The van der Waals surface area contributed by atoms with Gasteiger partial charge in [-0.2, -0.15) is 4.31 Å². The summed E-state index contributed by atoms with van der Waals surface area (Å²) in [6, 6.07) is 5.35. The largest absolute Gasteiger partial charge is 0.353 e. The van der Waals surface area contributed by atoms with Crippen LogP contribution in [0.2, 0.25) is 0 Å². The lowest BCUT2D eigenvalue weighted by Crippen LogP contribution is -2.51. The first-order valence-electron chi connectivity index (χ1n) is 7.98. The molecule has 0 aliphatic carbocycles. The quantitative estimate of drug-likeness (QED) is 0.789. The normalized spacial score (nSPS) is 17.2. The average molecular weight is 418 g/mol. The van der Waals surface area contributed by atoms with Crippen LogP contribution in [0.5, 0.6) is 0 Å². The van der Waals surface area contributed by atoms with Gasteiger partial charge in [0.2, 0.25) is 15.9 Å². The van der Waals surface area contributed by atoms with E-state index in [9.17, 15) is 13.2 Å². The van der Waals surface area contributed by atoms with Crippen molar-refractivity contribution in [2.24, 2.45) is 0 Å². The van der Waals surface area contributed by atoms with E-state index in [0.717, 1.165) is 5.56 Å². The Labute approximate surface area is 152 Å². The van der Waals surface area contributed by atoms with E-state index in [-0.39, 0.29) is 11.9 Å². The number of amides is 1. The molecule has 0 saturated carbocycles. The first-order chi connectivity index (χ1) is 11.2. The number of nitrogens with one attached hydrogen (secondary N) is 1. The maximum absolute atomic E-state index is 12.8. The van der Waals surface area contributed by atoms with Gasteiger partial charge in [-0.05, 0) is 54.4 Å². The highest BCUT2D eigenvalue weighted by molar-refractivity contribution is 9.10. The van der Waals surface area contributed by atoms with Crippen LogP contribution in [0.1, 0.15) is 19.4 Å². The van der Waals surface area contributed by atoms with Crippen molar-refractivity contribution in [3.63, 3.8) is 0 Å². The highest BCUT2D eigenvalue weighted by Crippen LogP contribution is 2.26. The van der Waals surface area contributed by atoms with Gasteiger partial charge in [0.1, 0.15) is 0 Å². The predicted molar refractivity (Wildman–Crippen MR) is 97.4 cm³/mol. The lowest BCUT2D eigenvalue weighted by molar-refractivity contribution is -0.123. The lowest BCUT2D eigenvalue weighted by Gasteiger charge is -2.33. The number of piperazine rings is 1. The van der Waals surface area contributed by atoms with Gasteiger partial charge in [-0.3, -0.25) is 9.69 Å². The van der Waals surface area contributed by atoms with E-state index in [2.05, 4.69) is 21.2 Å². The van der Waals surface area contributed by atoms with Crippen LogP contribution in [0.3, 0.4) is 0 Å². The Balaban J connectivity index is 1.99. The SMILES string of the molecule is Cc1ccc(S(=O)(=O)N2CCN(CC(=O)NC(C)C)CC2)c(Br)c1. The molecule has 0 radical (unpaired) electrons. The molecule has 24 heavy (non-hydrogen) atoms. The molecule has 0 spiro atoms. The maximum Gasteiger partial charge on any atom is 0.244 e. The monoisotopic (exact) mass is 417 g/mol. The van der Waals surface area contributed by atoms with Gasteiger partial charge in [-0.15, -0.1) is 0 Å². The molecule has 1 amide bonds. The summed E-state index contributed by atoms with van der Waals surface area (Å²) < 4.78 is 27.7. The Kier molecular flexibility index (Phi) is 6.41. The molecule has 6 nitrogen and oxygen atoms in total. The van der Waals surface area contributed by atoms with Crippen molar-refractivity contribution in [2.45, 2.75) is 31.7 Å². The van der Waals surface area contributed by atoms with E-state index in [1.807, 2.05) is 25.7 Å². The number of hydrogen-bond acceptors (Lipinski definition) is 4. The number of hydrogen-bond donors (Lipinski definition) is 1. The van der Waals surface area contributed by atoms with Gasteiger partial charge in [0.25, 0.3) is 0 Å².